The van der Waals surface area contributed by atoms with Gasteiger partial charge in [0.2, 0.25) is 0 Å². The standard InChI is InChI=1S/C19H21NO3.2C18H19NO4.HI.2H2O4S.V/c1-20-9-8-19-12-5-7-15(22-3)18(19)23-17-14(21-2)6-4-11(16(17)19)10-13(12)20;2*1-19-8-7-17-14-10-3-4-12(22-2)15(14)23-16(17)11(20)5-6-18(17,21)13(19)9-10;;2*1-5(2,3)4;/h4-7,13,18H,8-10H2,1-3H3;2*3-6,13,16,21H,7-9H2,1-2H3;1H;2*(H2,1,2,3,4);/p+1/t13-,18?,19+;2*13-,16?,17+,18?;;;;/m111..../s1. The van der Waals surface area contributed by atoms with Crippen LogP contribution >= 0.6 is 24.0 Å². The van der Waals surface area contributed by atoms with Crippen LogP contribution in [0.3, 0.4) is 0 Å². The first-order valence-corrected chi connectivity index (χ1v) is 28.6. The molecule has 7 N–H and O–H groups in total. The van der Waals surface area contributed by atoms with Crippen LogP contribution in [0, 0.1) is 0 Å². The average molecular weight is 1310 g/mol. The first-order valence-electron chi connectivity index (χ1n) is 25.8. The molecule has 437 valence electrons. The SMILES string of the molecule is COC1=CC=C2[C@H]3Cc4ccc(OC)c5c4[C@@]2(CCN3C)C1O5.COc1ccc2c3c1OC1C(=O)C=CC4(O)[C@@H](C2)N(C)CC[C@]314.COc1ccc2c3c1OC1C(=O)C=CC4(O)[C@@H](C2)N(C)CC[C@]314.I.O=S(=O)(O)O.O=S(=O)(O)[OH2+].[V]. The normalized spacial score (nSPS) is 33.5. The molecule has 22 nitrogen and oxygen atoms in total. The summed E-state index contributed by atoms with van der Waals surface area (Å²) < 4.78 is 103. The van der Waals surface area contributed by atoms with Crippen LogP contribution < -0.4 is 28.4 Å². The van der Waals surface area contributed by atoms with Gasteiger partial charge >= 0.3 is 20.8 Å². The molecule has 3 aromatic rings. The van der Waals surface area contributed by atoms with E-state index in [0.717, 1.165) is 84.8 Å². The van der Waals surface area contributed by atoms with Crippen LogP contribution in [-0.4, -0.2) is 188 Å². The van der Waals surface area contributed by atoms with Gasteiger partial charge in [-0.1, -0.05) is 24.3 Å². The third-order valence-electron chi connectivity index (χ3n) is 18.8. The number of hydrogen-bond acceptors (Lipinski definition) is 18. The molecule has 5 unspecified atom stereocenters. The van der Waals surface area contributed by atoms with Crippen LogP contribution in [0.4, 0.5) is 0 Å². The van der Waals surface area contributed by atoms with Crippen molar-refractivity contribution in [1.82, 2.24) is 14.7 Å². The molecule has 1 radical (unpaired) electrons. The zero-order valence-electron chi connectivity index (χ0n) is 45.3. The Kier molecular flexibility index (Phi) is 15.9. The van der Waals surface area contributed by atoms with Gasteiger partial charge in [-0.25, -0.2) is 4.55 Å². The molecule has 6 bridgehead atoms. The van der Waals surface area contributed by atoms with E-state index in [1.54, 1.807) is 40.6 Å². The van der Waals surface area contributed by atoms with Gasteiger partial charge in [0, 0.05) is 53.4 Å². The Labute approximate surface area is 498 Å². The summed E-state index contributed by atoms with van der Waals surface area (Å²) >= 11 is 0. The Balaban J connectivity index is 0.000000134. The first-order chi connectivity index (χ1) is 37.3. The molecule has 3 fully saturated rings. The van der Waals surface area contributed by atoms with E-state index in [1.165, 1.54) is 28.9 Å². The average Bonchev–Trinajstić information content (AvgIpc) is 4.22. The quantitative estimate of drug-likeness (QED) is 0.142. The molecular weight excluding hydrogens is 1250 g/mol. The fourth-order valence-corrected chi connectivity index (χ4v) is 15.7. The van der Waals surface area contributed by atoms with E-state index in [9.17, 15) is 19.8 Å². The van der Waals surface area contributed by atoms with Crippen molar-refractivity contribution in [3.05, 3.63) is 118 Å². The van der Waals surface area contributed by atoms with E-state index in [-0.39, 0.29) is 77.7 Å². The second kappa shape index (κ2) is 21.2. The number of nitrogens with zero attached hydrogens (tertiary/aromatic N) is 3. The second-order valence-electron chi connectivity index (χ2n) is 22.1. The number of carbonyl (C=O) groups is 2. The molecule has 3 spiro atoms. The smallest absolute Gasteiger partial charge is 0.497 e. The molecule has 6 heterocycles. The van der Waals surface area contributed by atoms with Crippen molar-refractivity contribution in [3.63, 3.8) is 0 Å². The predicted octanol–water partition coefficient (Wildman–Crippen LogP) is 2.55. The van der Waals surface area contributed by atoms with Crippen molar-refractivity contribution in [2.24, 2.45) is 0 Å². The summed E-state index contributed by atoms with van der Waals surface area (Å²) in [6, 6.07) is 12.6. The van der Waals surface area contributed by atoms with E-state index >= 15 is 0 Å². The van der Waals surface area contributed by atoms with Crippen molar-refractivity contribution in [3.8, 4) is 34.5 Å². The number of allylic oxidation sites excluding steroid dienone is 2. The summed E-state index contributed by atoms with van der Waals surface area (Å²) in [4.78, 5) is 32.0. The number of carbonyl (C=O) groups excluding carboxylic acids is 2. The molecule has 15 rings (SSSR count). The van der Waals surface area contributed by atoms with E-state index in [4.69, 9.17) is 68.2 Å². The van der Waals surface area contributed by atoms with Crippen LogP contribution in [0.15, 0.2) is 84.2 Å². The maximum Gasteiger partial charge on any atom is 0.526 e. The van der Waals surface area contributed by atoms with E-state index in [1.807, 2.05) is 32.3 Å². The van der Waals surface area contributed by atoms with E-state index in [0.29, 0.717) is 41.9 Å². The van der Waals surface area contributed by atoms with Gasteiger partial charge in [-0.2, -0.15) is 8.42 Å². The van der Waals surface area contributed by atoms with Gasteiger partial charge in [0.05, 0.1) is 44.7 Å². The summed E-state index contributed by atoms with van der Waals surface area (Å²) in [6.07, 6.45) is 14.4. The molecule has 0 saturated carbocycles. The summed E-state index contributed by atoms with van der Waals surface area (Å²) in [6.45, 7) is 2.75. The largest absolute Gasteiger partial charge is 0.526 e. The number of rotatable bonds is 4. The number of likely N-dealkylation sites (N-methyl/N-ethyl adjacent to an activating group) is 3. The van der Waals surface area contributed by atoms with E-state index in [2.05, 4.69) is 52.1 Å². The van der Waals surface area contributed by atoms with Crippen LogP contribution in [0.2, 0.25) is 0 Å². The number of ketones is 2. The molecule has 26 heteroatoms. The Morgan fingerprint density at radius 2 is 0.963 bits per heavy atom. The maximum atomic E-state index is 12.6. The summed E-state index contributed by atoms with van der Waals surface area (Å²) in [5.41, 5.74) is 4.92. The van der Waals surface area contributed by atoms with E-state index < -0.39 is 55.0 Å². The van der Waals surface area contributed by atoms with Gasteiger partial charge in [-0.05, 0) is 150 Å². The summed E-state index contributed by atoms with van der Waals surface area (Å²) in [5, 5.41) is 23.3. The van der Waals surface area contributed by atoms with Gasteiger partial charge in [-0.15, -0.1) is 32.4 Å². The van der Waals surface area contributed by atoms with Gasteiger partial charge in [0.25, 0.3) is 0 Å². The minimum Gasteiger partial charge on any atom is -0.497 e. The third kappa shape index (κ3) is 8.92. The fraction of sp³-hybridized carbons (Fsp3) is 0.491. The number of halogens is 1. The molecule has 6 aliphatic carbocycles. The second-order valence-corrected chi connectivity index (χ2v) is 23.9. The minimum atomic E-state index is -4.67. The maximum absolute atomic E-state index is 12.6. The van der Waals surface area contributed by atoms with Crippen LogP contribution in [0.1, 0.15) is 52.6 Å². The van der Waals surface area contributed by atoms with Gasteiger partial charge in [-0.3, -0.25) is 33.4 Å². The monoisotopic (exact) mass is 1310 g/mol. The zero-order valence-corrected chi connectivity index (χ0v) is 50.7. The van der Waals surface area contributed by atoms with Crippen LogP contribution in [0.5, 0.6) is 34.5 Å². The van der Waals surface area contributed by atoms with Gasteiger partial charge in [0.1, 0.15) is 17.0 Å². The molecular formula is C55H65IN3O19S2V+. The van der Waals surface area contributed by atoms with Crippen molar-refractivity contribution < 1.29 is 107 Å². The minimum absolute atomic E-state index is 0. The topological polar surface area (TPSA) is 301 Å². The number of aliphatic hydroxyl groups is 2. The zero-order chi connectivity index (χ0) is 56.7. The van der Waals surface area contributed by atoms with Crippen molar-refractivity contribution in [1.29, 1.82) is 0 Å². The Morgan fingerprint density at radius 1 is 0.580 bits per heavy atom. The molecule has 81 heavy (non-hydrogen) atoms. The summed E-state index contributed by atoms with van der Waals surface area (Å²) in [7, 11) is 3.89. The molecule has 3 aromatic carbocycles. The first kappa shape index (κ1) is 61.0. The molecule has 3 saturated heterocycles. The predicted molar refractivity (Wildman–Crippen MR) is 298 cm³/mol. The number of likely N-dealkylation sites (tertiary alicyclic amines) is 3. The Bertz CT molecular complexity index is 3300. The Morgan fingerprint density at radius 3 is 1.37 bits per heavy atom. The number of piperidine rings is 3. The molecule has 0 amide bonds. The molecule has 6 aliphatic heterocycles. The fourth-order valence-electron chi connectivity index (χ4n) is 15.7. The number of ether oxygens (including phenoxy) is 7. The van der Waals surface area contributed by atoms with Crippen LogP contribution in [0.25, 0.3) is 0 Å². The van der Waals surface area contributed by atoms with Crippen molar-refractivity contribution in [2.45, 2.75) is 102 Å². The van der Waals surface area contributed by atoms with Gasteiger partial charge in [0.15, 0.2) is 64.4 Å². The molecule has 12 aliphatic rings. The Hall–Kier alpha value is -4.59. The molecule has 11 atom stereocenters. The number of benzene rings is 3. The van der Waals surface area contributed by atoms with Crippen molar-refractivity contribution >= 4 is 56.3 Å². The van der Waals surface area contributed by atoms with Crippen molar-refractivity contribution in [2.75, 3.05) is 69.2 Å². The van der Waals surface area contributed by atoms with Crippen LogP contribution in [-0.2, 0) is 89.2 Å². The summed E-state index contributed by atoms with van der Waals surface area (Å²) in [5.74, 6) is 5.12. The number of hydrogen-bond donors (Lipinski definition) is 5. The number of methoxy groups -OCH3 is 4. The van der Waals surface area contributed by atoms with Gasteiger partial charge < -0.3 is 47.9 Å². The molecule has 0 aromatic heterocycles. The third-order valence-corrected chi connectivity index (χ3v) is 18.8.